The van der Waals surface area contributed by atoms with E-state index in [2.05, 4.69) is 65.5 Å². The molecule has 7 heteroatoms. The Balaban J connectivity index is 1.32. The first-order valence-corrected chi connectivity index (χ1v) is 10.7. The summed E-state index contributed by atoms with van der Waals surface area (Å²) < 4.78 is 1.11. The number of halogens is 1. The van der Waals surface area contributed by atoms with E-state index in [1.165, 1.54) is 24.0 Å². The molecule has 5 rings (SSSR count). The van der Waals surface area contributed by atoms with Gasteiger partial charge in [0.25, 0.3) is 0 Å². The lowest BCUT2D eigenvalue weighted by Crippen LogP contribution is -2.36. The van der Waals surface area contributed by atoms with Gasteiger partial charge in [-0.3, -0.25) is 15.1 Å². The Morgan fingerprint density at radius 3 is 2.93 bits per heavy atom. The maximum atomic E-state index is 4.53. The van der Waals surface area contributed by atoms with Crippen LogP contribution in [0.5, 0.6) is 0 Å². The quantitative estimate of drug-likeness (QED) is 0.685. The fourth-order valence-corrected chi connectivity index (χ4v) is 4.78. The van der Waals surface area contributed by atoms with Gasteiger partial charge in [-0.2, -0.15) is 5.10 Å². The average molecular weight is 439 g/mol. The van der Waals surface area contributed by atoms with Crippen LogP contribution in [0.2, 0.25) is 0 Å². The molecule has 2 aromatic rings. The summed E-state index contributed by atoms with van der Waals surface area (Å²) in [6.07, 6.45) is 12.5. The van der Waals surface area contributed by atoms with Crippen LogP contribution in [0, 0.1) is 11.8 Å². The maximum Gasteiger partial charge on any atom is 0.104 e. The Hall–Kier alpha value is -2.28. The van der Waals surface area contributed by atoms with Crippen LogP contribution < -0.4 is 0 Å². The van der Waals surface area contributed by atoms with Crippen molar-refractivity contribution < 1.29 is 0 Å². The Kier molecular flexibility index (Phi) is 4.62. The summed E-state index contributed by atoms with van der Waals surface area (Å²) in [5.74, 6) is 1.21. The standard InChI is InChI=1S/C21H23BrN6/c1-13-9-15(18(22)20-21(13)28(27-26-20)12-14-4-5-14)6-7-17-11-24-25-19(17)16-3-2-8-23-10-16/h2-3,8-11,13-14,21H,4-7,12H2,1H3,(H,24,25). The van der Waals surface area contributed by atoms with Gasteiger partial charge in [0, 0.05) is 34.9 Å². The number of hydrogen-bond donors (Lipinski definition) is 1. The lowest BCUT2D eigenvalue weighted by atomic mass is 9.88. The largest absolute Gasteiger partial charge is 0.278 e. The number of rotatable bonds is 6. The van der Waals surface area contributed by atoms with Crippen molar-refractivity contribution in [2.75, 3.05) is 6.54 Å². The van der Waals surface area contributed by atoms with Gasteiger partial charge >= 0.3 is 0 Å². The molecular formula is C21H23BrN6. The zero-order valence-corrected chi connectivity index (χ0v) is 17.4. The fraction of sp³-hybridized carbons (Fsp3) is 0.429. The molecule has 28 heavy (non-hydrogen) atoms. The minimum atomic E-state index is 0.276. The average Bonchev–Trinajstić information content (AvgIpc) is 3.23. The van der Waals surface area contributed by atoms with Crippen LogP contribution in [0.4, 0.5) is 0 Å². The highest BCUT2D eigenvalue weighted by Crippen LogP contribution is 2.43. The van der Waals surface area contributed by atoms with Gasteiger partial charge in [-0.25, -0.2) is 0 Å². The molecule has 2 atom stereocenters. The number of aromatic amines is 1. The van der Waals surface area contributed by atoms with Gasteiger partial charge in [-0.15, -0.1) is 5.11 Å². The highest BCUT2D eigenvalue weighted by molar-refractivity contribution is 9.12. The third kappa shape index (κ3) is 3.32. The molecule has 1 saturated carbocycles. The van der Waals surface area contributed by atoms with Crippen LogP contribution in [-0.2, 0) is 6.42 Å². The zero-order valence-electron chi connectivity index (χ0n) is 15.8. The van der Waals surface area contributed by atoms with Crippen LogP contribution in [-0.4, -0.2) is 32.8 Å². The summed E-state index contributed by atoms with van der Waals surface area (Å²) in [7, 11) is 0. The summed E-state index contributed by atoms with van der Waals surface area (Å²) >= 11 is 3.82. The highest BCUT2D eigenvalue weighted by atomic mass is 79.9. The van der Waals surface area contributed by atoms with Crippen LogP contribution in [0.15, 0.2) is 62.9 Å². The van der Waals surface area contributed by atoms with E-state index in [-0.39, 0.29) is 6.04 Å². The van der Waals surface area contributed by atoms with Gasteiger partial charge in [-0.05, 0) is 70.8 Å². The molecule has 3 aliphatic rings. The molecule has 0 spiro atoms. The molecule has 0 saturated heterocycles. The second kappa shape index (κ2) is 7.28. The molecule has 0 aromatic carbocycles. The second-order valence-electron chi connectivity index (χ2n) is 7.96. The molecule has 1 N–H and O–H groups in total. The third-order valence-electron chi connectivity index (χ3n) is 5.81. The van der Waals surface area contributed by atoms with E-state index in [0.29, 0.717) is 5.92 Å². The van der Waals surface area contributed by atoms with Crippen LogP contribution in [0.3, 0.4) is 0 Å². The molecule has 0 amide bonds. The molecule has 2 aromatic heterocycles. The summed E-state index contributed by atoms with van der Waals surface area (Å²) in [5.41, 5.74) is 5.72. The molecule has 2 unspecified atom stereocenters. The van der Waals surface area contributed by atoms with E-state index in [1.807, 2.05) is 18.5 Å². The predicted octanol–water partition coefficient (Wildman–Crippen LogP) is 5.05. The number of aromatic nitrogens is 3. The van der Waals surface area contributed by atoms with Gasteiger partial charge in [-0.1, -0.05) is 18.2 Å². The van der Waals surface area contributed by atoms with Crippen molar-refractivity contribution >= 4 is 15.9 Å². The monoisotopic (exact) mass is 438 g/mol. The van der Waals surface area contributed by atoms with Crippen molar-refractivity contribution in [1.82, 2.24) is 20.2 Å². The summed E-state index contributed by atoms with van der Waals surface area (Å²) in [6, 6.07) is 4.28. The van der Waals surface area contributed by atoms with E-state index in [9.17, 15) is 0 Å². The summed E-state index contributed by atoms with van der Waals surface area (Å²) in [4.78, 5) is 4.22. The lowest BCUT2D eigenvalue weighted by molar-refractivity contribution is 0.206. The smallest absolute Gasteiger partial charge is 0.104 e. The molecule has 6 nitrogen and oxygen atoms in total. The number of aryl methyl sites for hydroxylation is 1. The van der Waals surface area contributed by atoms with Gasteiger partial charge in [0.2, 0.25) is 0 Å². The van der Waals surface area contributed by atoms with Crippen molar-refractivity contribution in [3.8, 4) is 11.3 Å². The summed E-state index contributed by atoms with van der Waals surface area (Å²) in [5, 5.41) is 18.6. The fourth-order valence-electron chi connectivity index (χ4n) is 4.14. The number of fused-ring (bicyclic) bond motifs is 1. The van der Waals surface area contributed by atoms with E-state index in [4.69, 9.17) is 0 Å². The maximum absolute atomic E-state index is 4.53. The van der Waals surface area contributed by atoms with Gasteiger partial charge in [0.05, 0.1) is 17.9 Å². The van der Waals surface area contributed by atoms with Crippen LogP contribution in [0.1, 0.15) is 31.7 Å². The van der Waals surface area contributed by atoms with Gasteiger partial charge in [0.1, 0.15) is 5.70 Å². The van der Waals surface area contributed by atoms with Crippen molar-refractivity contribution in [1.29, 1.82) is 0 Å². The van der Waals surface area contributed by atoms with Crippen LogP contribution in [0.25, 0.3) is 11.3 Å². The van der Waals surface area contributed by atoms with Crippen molar-refractivity contribution in [2.45, 2.75) is 38.6 Å². The van der Waals surface area contributed by atoms with Crippen molar-refractivity contribution in [3.63, 3.8) is 0 Å². The van der Waals surface area contributed by atoms with E-state index < -0.39 is 0 Å². The molecule has 1 fully saturated rings. The zero-order chi connectivity index (χ0) is 19.1. The number of H-pyrrole nitrogens is 1. The number of nitrogens with zero attached hydrogens (tertiary/aromatic N) is 5. The minimum Gasteiger partial charge on any atom is -0.278 e. The Morgan fingerprint density at radius 1 is 1.25 bits per heavy atom. The van der Waals surface area contributed by atoms with Crippen molar-refractivity contribution in [3.05, 3.63) is 58.1 Å². The normalized spacial score (nSPS) is 23.9. The SMILES string of the molecule is CC1C=C(CCc2cn[nH]c2-c2cccnc2)C(Br)=C2N=NN(CC3CC3)C21. The Labute approximate surface area is 172 Å². The Morgan fingerprint density at radius 2 is 2.14 bits per heavy atom. The molecule has 3 heterocycles. The predicted molar refractivity (Wildman–Crippen MR) is 111 cm³/mol. The first-order chi connectivity index (χ1) is 13.7. The Bertz CT molecular complexity index is 956. The van der Waals surface area contributed by atoms with E-state index >= 15 is 0 Å². The molecule has 0 bridgehead atoms. The molecule has 1 aliphatic heterocycles. The molecular weight excluding hydrogens is 416 g/mol. The topological polar surface area (TPSA) is 69.5 Å². The van der Waals surface area contributed by atoms with Crippen molar-refractivity contribution in [2.24, 2.45) is 22.2 Å². The first kappa shape index (κ1) is 17.8. The second-order valence-corrected chi connectivity index (χ2v) is 8.75. The van der Waals surface area contributed by atoms with Gasteiger partial charge in [0.15, 0.2) is 0 Å². The minimum absolute atomic E-state index is 0.276. The van der Waals surface area contributed by atoms with E-state index in [1.54, 1.807) is 6.20 Å². The number of hydrogen-bond acceptors (Lipinski definition) is 5. The third-order valence-corrected chi connectivity index (χ3v) is 6.73. The lowest BCUT2D eigenvalue weighted by Gasteiger charge is -2.30. The molecule has 144 valence electrons. The number of allylic oxidation sites excluding steroid dienone is 2. The highest BCUT2D eigenvalue weighted by Gasteiger charge is 2.39. The number of pyridine rings is 1. The molecule has 0 radical (unpaired) electrons. The number of nitrogens with one attached hydrogen (secondary N) is 1. The first-order valence-electron chi connectivity index (χ1n) is 9.92. The summed E-state index contributed by atoms with van der Waals surface area (Å²) in [6.45, 7) is 3.31. The van der Waals surface area contributed by atoms with Crippen LogP contribution >= 0.6 is 15.9 Å². The van der Waals surface area contributed by atoms with Gasteiger partial charge < -0.3 is 0 Å². The van der Waals surface area contributed by atoms with E-state index in [0.717, 1.165) is 46.7 Å². The molecule has 2 aliphatic carbocycles.